The molecule has 1 aromatic rings. The SMILES string of the molecule is CC[C@H](C)c1ccc(N[C@@H](C)C(=O)N(C)[C@H]2CCS(=O)(=O)C2)cc1. The molecule has 24 heavy (non-hydrogen) atoms. The van der Waals surface area contributed by atoms with Crippen LogP contribution in [-0.4, -0.2) is 49.9 Å². The van der Waals surface area contributed by atoms with E-state index in [1.54, 1.807) is 11.9 Å². The van der Waals surface area contributed by atoms with E-state index in [-0.39, 0.29) is 23.5 Å². The van der Waals surface area contributed by atoms with Crippen LogP contribution in [-0.2, 0) is 14.6 Å². The maximum Gasteiger partial charge on any atom is 0.244 e. The lowest BCUT2D eigenvalue weighted by Gasteiger charge is -2.27. The number of hydrogen-bond acceptors (Lipinski definition) is 4. The fourth-order valence-corrected chi connectivity index (χ4v) is 4.80. The Morgan fingerprint density at radius 2 is 1.92 bits per heavy atom. The summed E-state index contributed by atoms with van der Waals surface area (Å²) in [7, 11) is -1.30. The molecule has 0 bridgehead atoms. The van der Waals surface area contributed by atoms with Crippen molar-refractivity contribution in [3.63, 3.8) is 0 Å². The highest BCUT2D eigenvalue weighted by Crippen LogP contribution is 2.21. The number of nitrogens with zero attached hydrogens (tertiary/aromatic N) is 1. The van der Waals surface area contributed by atoms with Gasteiger partial charge in [-0.1, -0.05) is 26.0 Å². The maximum absolute atomic E-state index is 12.5. The average molecular weight is 353 g/mol. The van der Waals surface area contributed by atoms with E-state index in [4.69, 9.17) is 0 Å². The van der Waals surface area contributed by atoms with Crippen LogP contribution in [0.4, 0.5) is 5.69 Å². The zero-order valence-electron chi connectivity index (χ0n) is 15.0. The lowest BCUT2D eigenvalue weighted by atomic mass is 9.98. The Hall–Kier alpha value is -1.56. The van der Waals surface area contributed by atoms with Gasteiger partial charge in [0.2, 0.25) is 5.91 Å². The van der Waals surface area contributed by atoms with Crippen LogP contribution in [0.5, 0.6) is 0 Å². The predicted molar refractivity (Wildman–Crippen MR) is 98.1 cm³/mol. The molecule has 134 valence electrons. The quantitative estimate of drug-likeness (QED) is 0.855. The first-order chi connectivity index (χ1) is 11.2. The molecule has 1 amide bonds. The largest absolute Gasteiger partial charge is 0.374 e. The van der Waals surface area contributed by atoms with E-state index in [2.05, 4.69) is 31.3 Å². The molecule has 1 heterocycles. The van der Waals surface area contributed by atoms with Gasteiger partial charge in [0.05, 0.1) is 11.5 Å². The monoisotopic (exact) mass is 352 g/mol. The fourth-order valence-electron chi connectivity index (χ4n) is 3.02. The summed E-state index contributed by atoms with van der Waals surface area (Å²) in [6, 6.07) is 7.55. The highest BCUT2D eigenvalue weighted by atomic mass is 32.2. The summed E-state index contributed by atoms with van der Waals surface area (Å²) >= 11 is 0. The van der Waals surface area contributed by atoms with Crippen molar-refractivity contribution in [1.82, 2.24) is 4.90 Å². The number of carbonyl (C=O) groups excluding carboxylic acids is 1. The minimum absolute atomic E-state index is 0.0750. The lowest BCUT2D eigenvalue weighted by molar-refractivity contribution is -0.132. The Morgan fingerprint density at radius 1 is 1.29 bits per heavy atom. The third-order valence-electron chi connectivity index (χ3n) is 4.95. The summed E-state index contributed by atoms with van der Waals surface area (Å²) in [6.07, 6.45) is 1.62. The Labute approximate surface area is 145 Å². The van der Waals surface area contributed by atoms with Crippen LogP contribution in [0.25, 0.3) is 0 Å². The van der Waals surface area contributed by atoms with E-state index >= 15 is 0 Å². The molecule has 6 heteroatoms. The second-order valence-electron chi connectivity index (χ2n) is 6.80. The van der Waals surface area contributed by atoms with Gasteiger partial charge in [0.25, 0.3) is 0 Å². The summed E-state index contributed by atoms with van der Waals surface area (Å²) in [6.45, 7) is 6.17. The topological polar surface area (TPSA) is 66.5 Å². The number of amides is 1. The summed E-state index contributed by atoms with van der Waals surface area (Å²) in [4.78, 5) is 14.1. The summed E-state index contributed by atoms with van der Waals surface area (Å²) < 4.78 is 23.2. The van der Waals surface area contributed by atoms with Gasteiger partial charge in [-0.3, -0.25) is 4.79 Å². The Morgan fingerprint density at radius 3 is 2.42 bits per heavy atom. The predicted octanol–water partition coefficient (Wildman–Crippen LogP) is 2.65. The molecule has 1 N–H and O–H groups in total. The smallest absolute Gasteiger partial charge is 0.244 e. The second-order valence-corrected chi connectivity index (χ2v) is 9.03. The number of likely N-dealkylation sites (N-methyl/N-ethyl adjacent to an activating group) is 1. The molecule has 1 aliphatic heterocycles. The molecular weight excluding hydrogens is 324 g/mol. The first kappa shape index (κ1) is 18.8. The van der Waals surface area contributed by atoms with E-state index in [9.17, 15) is 13.2 Å². The highest BCUT2D eigenvalue weighted by Gasteiger charge is 2.34. The van der Waals surface area contributed by atoms with Crippen LogP contribution in [0.1, 0.15) is 45.1 Å². The molecule has 2 rings (SSSR count). The van der Waals surface area contributed by atoms with Crippen molar-refractivity contribution in [3.05, 3.63) is 29.8 Å². The number of sulfone groups is 1. The molecule has 0 aromatic heterocycles. The molecule has 0 unspecified atom stereocenters. The van der Waals surface area contributed by atoms with Crippen LogP contribution in [0, 0.1) is 0 Å². The molecule has 0 spiro atoms. The number of benzene rings is 1. The van der Waals surface area contributed by atoms with Gasteiger partial charge in [-0.25, -0.2) is 8.42 Å². The molecule has 3 atom stereocenters. The number of rotatable bonds is 6. The van der Waals surface area contributed by atoms with E-state index in [0.717, 1.165) is 12.1 Å². The minimum Gasteiger partial charge on any atom is -0.374 e. The lowest BCUT2D eigenvalue weighted by Crippen LogP contribution is -2.45. The van der Waals surface area contributed by atoms with Crippen molar-refractivity contribution in [3.8, 4) is 0 Å². The van der Waals surface area contributed by atoms with Crippen LogP contribution in [0.3, 0.4) is 0 Å². The normalized spacial score (nSPS) is 21.9. The molecule has 1 aromatic carbocycles. The third-order valence-corrected chi connectivity index (χ3v) is 6.70. The van der Waals surface area contributed by atoms with Crippen LogP contribution >= 0.6 is 0 Å². The van der Waals surface area contributed by atoms with Gasteiger partial charge in [-0.2, -0.15) is 0 Å². The molecule has 1 saturated heterocycles. The van der Waals surface area contributed by atoms with E-state index in [1.165, 1.54) is 5.56 Å². The molecule has 0 aliphatic carbocycles. The zero-order chi connectivity index (χ0) is 17.9. The standard InChI is InChI=1S/C18H28N2O3S/c1-5-13(2)15-6-8-16(9-7-15)19-14(3)18(21)20(4)17-10-11-24(22,23)12-17/h6-9,13-14,17,19H,5,10-12H2,1-4H3/t13-,14-,17-/m0/s1. The highest BCUT2D eigenvalue weighted by molar-refractivity contribution is 7.91. The Bertz CT molecular complexity index is 670. The molecular formula is C18H28N2O3S. The Balaban J connectivity index is 1.96. The van der Waals surface area contributed by atoms with Gasteiger partial charge in [-0.15, -0.1) is 0 Å². The minimum atomic E-state index is -2.99. The summed E-state index contributed by atoms with van der Waals surface area (Å²) in [5, 5.41) is 3.21. The van der Waals surface area contributed by atoms with Crippen molar-refractivity contribution in [2.75, 3.05) is 23.9 Å². The van der Waals surface area contributed by atoms with Crippen molar-refractivity contribution >= 4 is 21.4 Å². The van der Waals surface area contributed by atoms with E-state index in [1.807, 2.05) is 19.1 Å². The van der Waals surface area contributed by atoms with Crippen molar-refractivity contribution in [2.45, 2.75) is 51.6 Å². The van der Waals surface area contributed by atoms with E-state index < -0.39 is 15.9 Å². The summed E-state index contributed by atoms with van der Waals surface area (Å²) in [5.74, 6) is 0.691. The fraction of sp³-hybridized carbons (Fsp3) is 0.611. The zero-order valence-corrected chi connectivity index (χ0v) is 15.8. The number of hydrogen-bond donors (Lipinski definition) is 1. The third kappa shape index (κ3) is 4.50. The van der Waals surface area contributed by atoms with Crippen LogP contribution in [0.15, 0.2) is 24.3 Å². The molecule has 1 aliphatic rings. The van der Waals surface area contributed by atoms with Crippen molar-refractivity contribution < 1.29 is 13.2 Å². The molecule has 5 nitrogen and oxygen atoms in total. The van der Waals surface area contributed by atoms with Gasteiger partial charge in [0, 0.05) is 18.8 Å². The first-order valence-corrected chi connectivity index (χ1v) is 10.4. The number of carbonyl (C=O) groups is 1. The average Bonchev–Trinajstić information content (AvgIpc) is 2.93. The van der Waals surface area contributed by atoms with Crippen molar-refractivity contribution in [2.24, 2.45) is 0 Å². The van der Waals surface area contributed by atoms with Gasteiger partial charge in [0.15, 0.2) is 9.84 Å². The number of anilines is 1. The van der Waals surface area contributed by atoms with Crippen molar-refractivity contribution in [1.29, 1.82) is 0 Å². The molecule has 0 saturated carbocycles. The van der Waals surface area contributed by atoms with Gasteiger partial charge >= 0.3 is 0 Å². The second kappa shape index (κ2) is 7.55. The first-order valence-electron chi connectivity index (χ1n) is 8.57. The Kier molecular flexibility index (Phi) is 5.91. The van der Waals surface area contributed by atoms with Gasteiger partial charge in [-0.05, 0) is 43.4 Å². The summed E-state index contributed by atoms with van der Waals surface area (Å²) in [5.41, 5.74) is 2.19. The maximum atomic E-state index is 12.5. The number of nitrogens with one attached hydrogen (secondary N) is 1. The van der Waals surface area contributed by atoms with Crippen LogP contribution < -0.4 is 5.32 Å². The molecule has 0 radical (unpaired) electrons. The van der Waals surface area contributed by atoms with E-state index in [0.29, 0.717) is 12.3 Å². The molecule has 1 fully saturated rings. The van der Waals surface area contributed by atoms with Gasteiger partial charge < -0.3 is 10.2 Å². The van der Waals surface area contributed by atoms with Crippen LogP contribution in [0.2, 0.25) is 0 Å². The van der Waals surface area contributed by atoms with Gasteiger partial charge in [0.1, 0.15) is 6.04 Å².